The predicted octanol–water partition coefficient (Wildman–Crippen LogP) is 4.21. The van der Waals surface area contributed by atoms with Gasteiger partial charge in [0, 0.05) is 23.7 Å². The van der Waals surface area contributed by atoms with Crippen LogP contribution in [0.5, 0.6) is 0 Å². The number of morpholine rings is 1. The van der Waals surface area contributed by atoms with E-state index >= 15 is 0 Å². The zero-order valence-electron chi connectivity index (χ0n) is 15.9. The van der Waals surface area contributed by atoms with E-state index in [9.17, 15) is 0 Å². The Hall–Kier alpha value is -2.87. The van der Waals surface area contributed by atoms with Gasteiger partial charge in [0.2, 0.25) is 5.95 Å². The standard InChI is InChI=1S/C21H18Cl2N6O/c22-14-5-3-4-13(12-14)18-17-19(24)29(16-7-2-1-6-15(16)23)27-20(17)26-21(25-18)28-8-10-30-11-9-28/h1-7,12H,8-11,24H2. The van der Waals surface area contributed by atoms with Crippen LogP contribution in [0.3, 0.4) is 0 Å². The number of hydrogen-bond acceptors (Lipinski definition) is 6. The lowest BCUT2D eigenvalue weighted by Gasteiger charge is -2.27. The normalized spacial score (nSPS) is 14.4. The van der Waals surface area contributed by atoms with Crippen LogP contribution >= 0.6 is 23.2 Å². The minimum absolute atomic E-state index is 0.418. The van der Waals surface area contributed by atoms with Crippen molar-refractivity contribution in [2.45, 2.75) is 0 Å². The van der Waals surface area contributed by atoms with E-state index in [0.29, 0.717) is 70.5 Å². The van der Waals surface area contributed by atoms with Gasteiger partial charge in [-0.1, -0.05) is 47.5 Å². The molecule has 0 spiro atoms. The second kappa shape index (κ2) is 7.75. The lowest BCUT2D eigenvalue weighted by molar-refractivity contribution is 0.122. The first-order valence-corrected chi connectivity index (χ1v) is 10.3. The van der Waals surface area contributed by atoms with Crippen LogP contribution in [0.25, 0.3) is 28.0 Å². The van der Waals surface area contributed by atoms with Gasteiger partial charge in [-0.3, -0.25) is 0 Å². The van der Waals surface area contributed by atoms with E-state index in [1.54, 1.807) is 10.7 Å². The first-order chi connectivity index (χ1) is 14.6. The van der Waals surface area contributed by atoms with Crippen molar-refractivity contribution in [3.05, 3.63) is 58.6 Å². The summed E-state index contributed by atoms with van der Waals surface area (Å²) in [6.07, 6.45) is 0. The van der Waals surface area contributed by atoms with Crippen LogP contribution in [-0.4, -0.2) is 46.1 Å². The highest BCUT2D eigenvalue weighted by molar-refractivity contribution is 6.32. The van der Waals surface area contributed by atoms with Crippen molar-refractivity contribution >= 4 is 46.0 Å². The van der Waals surface area contributed by atoms with E-state index < -0.39 is 0 Å². The summed E-state index contributed by atoms with van der Waals surface area (Å²) in [5, 5.41) is 6.49. The van der Waals surface area contributed by atoms with Crippen LogP contribution in [0.4, 0.5) is 11.8 Å². The van der Waals surface area contributed by atoms with Crippen molar-refractivity contribution in [3.63, 3.8) is 0 Å². The monoisotopic (exact) mass is 440 g/mol. The molecule has 152 valence electrons. The molecule has 2 aromatic heterocycles. The van der Waals surface area contributed by atoms with Gasteiger partial charge in [-0.2, -0.15) is 4.98 Å². The molecule has 4 aromatic rings. The Morgan fingerprint density at radius 1 is 0.967 bits per heavy atom. The van der Waals surface area contributed by atoms with Crippen molar-refractivity contribution in [1.29, 1.82) is 0 Å². The number of nitrogen functional groups attached to an aromatic ring is 1. The van der Waals surface area contributed by atoms with E-state index in [1.807, 2.05) is 42.5 Å². The zero-order chi connectivity index (χ0) is 20.7. The summed E-state index contributed by atoms with van der Waals surface area (Å²) in [6.45, 7) is 2.68. The first kappa shape index (κ1) is 19.1. The molecule has 1 aliphatic rings. The molecule has 0 bridgehead atoms. The molecule has 0 amide bonds. The summed E-state index contributed by atoms with van der Waals surface area (Å²) >= 11 is 12.7. The summed E-state index contributed by atoms with van der Waals surface area (Å²) < 4.78 is 7.07. The number of para-hydroxylation sites is 1. The molecule has 1 saturated heterocycles. The van der Waals surface area contributed by atoms with Crippen molar-refractivity contribution in [2.75, 3.05) is 36.9 Å². The van der Waals surface area contributed by atoms with Gasteiger partial charge < -0.3 is 15.4 Å². The number of ether oxygens (including phenoxy) is 1. The van der Waals surface area contributed by atoms with Gasteiger partial charge in [0.25, 0.3) is 0 Å². The Morgan fingerprint density at radius 2 is 1.77 bits per heavy atom. The lowest BCUT2D eigenvalue weighted by Crippen LogP contribution is -2.37. The molecule has 7 nitrogen and oxygen atoms in total. The first-order valence-electron chi connectivity index (χ1n) is 9.51. The second-order valence-electron chi connectivity index (χ2n) is 6.93. The molecule has 0 unspecified atom stereocenters. The summed E-state index contributed by atoms with van der Waals surface area (Å²) in [7, 11) is 0. The van der Waals surface area contributed by atoms with Gasteiger partial charge >= 0.3 is 0 Å². The highest BCUT2D eigenvalue weighted by Crippen LogP contribution is 2.35. The number of nitrogens with zero attached hydrogens (tertiary/aromatic N) is 5. The molecule has 5 rings (SSSR count). The van der Waals surface area contributed by atoms with Crippen molar-refractivity contribution < 1.29 is 4.74 Å². The van der Waals surface area contributed by atoms with Crippen molar-refractivity contribution in [1.82, 2.24) is 19.7 Å². The number of halogens is 2. The third-order valence-electron chi connectivity index (χ3n) is 5.03. The Balaban J connectivity index is 1.77. The Kier molecular flexibility index (Phi) is 4.94. The minimum atomic E-state index is 0.418. The van der Waals surface area contributed by atoms with Crippen molar-refractivity contribution in [3.8, 4) is 16.9 Å². The smallest absolute Gasteiger partial charge is 0.228 e. The van der Waals surface area contributed by atoms with Crippen LogP contribution in [0.1, 0.15) is 0 Å². The minimum Gasteiger partial charge on any atom is -0.383 e. The van der Waals surface area contributed by atoms with Crippen LogP contribution in [-0.2, 0) is 4.74 Å². The fourth-order valence-electron chi connectivity index (χ4n) is 3.56. The number of anilines is 2. The molecule has 30 heavy (non-hydrogen) atoms. The number of benzene rings is 2. The number of fused-ring (bicyclic) bond motifs is 1. The van der Waals surface area contributed by atoms with E-state index in [4.69, 9.17) is 43.6 Å². The van der Waals surface area contributed by atoms with Gasteiger partial charge in [0.05, 0.1) is 35.0 Å². The third kappa shape index (κ3) is 3.35. The van der Waals surface area contributed by atoms with Crippen LogP contribution < -0.4 is 10.6 Å². The average Bonchev–Trinajstić information content (AvgIpc) is 3.10. The van der Waals surface area contributed by atoms with E-state index in [-0.39, 0.29) is 0 Å². The van der Waals surface area contributed by atoms with Gasteiger partial charge in [0.1, 0.15) is 5.82 Å². The molecule has 0 saturated carbocycles. The molecular formula is C21H18Cl2N6O. The summed E-state index contributed by atoms with van der Waals surface area (Å²) in [5.41, 5.74) is 9.24. The van der Waals surface area contributed by atoms with E-state index in [1.165, 1.54) is 0 Å². The maximum atomic E-state index is 6.54. The quantitative estimate of drug-likeness (QED) is 0.513. The van der Waals surface area contributed by atoms with Gasteiger partial charge in [-0.15, -0.1) is 5.10 Å². The molecule has 1 fully saturated rings. The molecule has 0 atom stereocenters. The largest absolute Gasteiger partial charge is 0.383 e. The highest BCUT2D eigenvalue weighted by Gasteiger charge is 2.23. The van der Waals surface area contributed by atoms with E-state index in [0.717, 1.165) is 5.56 Å². The number of hydrogen-bond donors (Lipinski definition) is 1. The highest BCUT2D eigenvalue weighted by atomic mass is 35.5. The zero-order valence-corrected chi connectivity index (χ0v) is 17.4. The molecular weight excluding hydrogens is 423 g/mol. The lowest BCUT2D eigenvalue weighted by atomic mass is 10.1. The number of rotatable bonds is 3. The van der Waals surface area contributed by atoms with Crippen LogP contribution in [0.2, 0.25) is 10.0 Å². The molecule has 0 radical (unpaired) electrons. The second-order valence-corrected chi connectivity index (χ2v) is 7.77. The molecule has 1 aliphatic heterocycles. The Bertz CT molecular complexity index is 1240. The fourth-order valence-corrected chi connectivity index (χ4v) is 3.96. The summed E-state index contributed by atoms with van der Waals surface area (Å²) in [6, 6.07) is 14.9. The Labute approximate surface area is 183 Å². The van der Waals surface area contributed by atoms with Gasteiger partial charge in [-0.25, -0.2) is 9.67 Å². The fraction of sp³-hybridized carbons (Fsp3) is 0.190. The summed E-state index contributed by atoms with van der Waals surface area (Å²) in [5.74, 6) is 1.01. The number of aromatic nitrogens is 4. The number of nitrogens with two attached hydrogens (primary N) is 1. The van der Waals surface area contributed by atoms with E-state index in [2.05, 4.69) is 10.00 Å². The topological polar surface area (TPSA) is 82.1 Å². The van der Waals surface area contributed by atoms with Gasteiger partial charge in [0.15, 0.2) is 5.65 Å². The average molecular weight is 441 g/mol. The Morgan fingerprint density at radius 3 is 2.53 bits per heavy atom. The SMILES string of the molecule is Nc1c2c(-c3cccc(Cl)c3)nc(N3CCOCC3)nc2nn1-c1ccccc1Cl. The molecule has 2 N–H and O–H groups in total. The van der Waals surface area contributed by atoms with Gasteiger partial charge in [-0.05, 0) is 24.3 Å². The van der Waals surface area contributed by atoms with Crippen LogP contribution in [0, 0.1) is 0 Å². The predicted molar refractivity (Wildman–Crippen MR) is 120 cm³/mol. The van der Waals surface area contributed by atoms with Crippen LogP contribution in [0.15, 0.2) is 48.5 Å². The molecule has 3 heterocycles. The summed E-state index contributed by atoms with van der Waals surface area (Å²) in [4.78, 5) is 11.7. The molecule has 9 heteroatoms. The maximum absolute atomic E-state index is 6.54. The third-order valence-corrected chi connectivity index (χ3v) is 5.58. The molecule has 2 aromatic carbocycles. The molecule has 0 aliphatic carbocycles. The van der Waals surface area contributed by atoms with Crippen molar-refractivity contribution in [2.24, 2.45) is 0 Å². The maximum Gasteiger partial charge on any atom is 0.228 e.